The molecule has 5 aromatic rings. The van der Waals surface area contributed by atoms with E-state index in [-0.39, 0.29) is 5.41 Å². The van der Waals surface area contributed by atoms with Gasteiger partial charge in [0.15, 0.2) is 0 Å². The van der Waals surface area contributed by atoms with Gasteiger partial charge in [0.05, 0.1) is 5.41 Å². The first-order valence-corrected chi connectivity index (χ1v) is 10.7. The van der Waals surface area contributed by atoms with Crippen LogP contribution >= 0.6 is 11.6 Å². The molecule has 0 aliphatic heterocycles. The lowest BCUT2D eigenvalue weighted by Gasteiger charge is -2.31. The molecule has 0 saturated heterocycles. The number of benzene rings is 5. The van der Waals surface area contributed by atoms with Crippen molar-refractivity contribution in [1.29, 1.82) is 0 Å². The van der Waals surface area contributed by atoms with Crippen molar-refractivity contribution in [1.82, 2.24) is 0 Å². The van der Waals surface area contributed by atoms with E-state index in [0.29, 0.717) is 0 Å². The molecule has 0 N–H and O–H groups in total. The molecule has 1 heteroatoms. The van der Waals surface area contributed by atoms with Crippen molar-refractivity contribution < 1.29 is 0 Å². The summed E-state index contributed by atoms with van der Waals surface area (Å²) in [7, 11) is 0. The monoisotopic (exact) mass is 400 g/mol. The molecule has 7 rings (SSSR count). The Labute approximate surface area is 180 Å². The van der Waals surface area contributed by atoms with E-state index in [1.807, 2.05) is 6.07 Å². The lowest BCUT2D eigenvalue weighted by molar-refractivity contribution is 0.801. The predicted octanol–water partition coefficient (Wildman–Crippen LogP) is 7.84. The van der Waals surface area contributed by atoms with Gasteiger partial charge in [-0.05, 0) is 67.4 Å². The van der Waals surface area contributed by atoms with Crippen LogP contribution in [0.2, 0.25) is 5.02 Å². The van der Waals surface area contributed by atoms with Crippen LogP contribution in [0.25, 0.3) is 33.0 Å². The van der Waals surface area contributed by atoms with E-state index in [0.717, 1.165) is 5.02 Å². The van der Waals surface area contributed by atoms with Gasteiger partial charge in [-0.2, -0.15) is 0 Å². The standard InChI is InChI=1S/C29H17Cl/c30-19-14-16-27-24(17-19)23-15-13-18-7-1-2-8-20(18)28(23)29(27)25-11-5-3-9-21(25)22-10-4-6-12-26(22)29/h1-17H. The highest BCUT2D eigenvalue weighted by Crippen LogP contribution is 2.64. The number of halogens is 1. The Bertz CT molecular complexity index is 1460. The predicted molar refractivity (Wildman–Crippen MR) is 125 cm³/mol. The second-order valence-corrected chi connectivity index (χ2v) is 8.68. The van der Waals surface area contributed by atoms with E-state index in [1.165, 1.54) is 55.3 Å². The molecule has 140 valence electrons. The van der Waals surface area contributed by atoms with Gasteiger partial charge < -0.3 is 0 Å². The maximum absolute atomic E-state index is 6.50. The van der Waals surface area contributed by atoms with Gasteiger partial charge in [-0.25, -0.2) is 0 Å². The molecule has 0 atom stereocenters. The van der Waals surface area contributed by atoms with Gasteiger partial charge in [0, 0.05) is 5.02 Å². The number of hydrogen-bond acceptors (Lipinski definition) is 0. The molecular formula is C29H17Cl. The zero-order valence-electron chi connectivity index (χ0n) is 16.2. The van der Waals surface area contributed by atoms with Gasteiger partial charge in [-0.3, -0.25) is 0 Å². The van der Waals surface area contributed by atoms with Crippen LogP contribution in [0, 0.1) is 0 Å². The van der Waals surface area contributed by atoms with Crippen molar-refractivity contribution in [2.24, 2.45) is 0 Å². The summed E-state index contributed by atoms with van der Waals surface area (Å²) < 4.78 is 0. The molecule has 30 heavy (non-hydrogen) atoms. The van der Waals surface area contributed by atoms with Crippen LogP contribution in [-0.4, -0.2) is 0 Å². The highest BCUT2D eigenvalue weighted by atomic mass is 35.5. The van der Waals surface area contributed by atoms with E-state index in [1.54, 1.807) is 0 Å². The fraction of sp³-hybridized carbons (Fsp3) is 0.0345. The molecule has 0 amide bonds. The third-order valence-electron chi connectivity index (χ3n) is 6.93. The summed E-state index contributed by atoms with van der Waals surface area (Å²) in [5, 5.41) is 3.37. The molecule has 0 aromatic heterocycles. The molecule has 0 fully saturated rings. The average Bonchev–Trinajstić information content (AvgIpc) is 3.26. The molecule has 0 bridgehead atoms. The fourth-order valence-corrected chi connectivity index (χ4v) is 6.07. The molecule has 0 nitrogen and oxygen atoms in total. The Morgan fingerprint density at radius 1 is 0.500 bits per heavy atom. The number of hydrogen-bond donors (Lipinski definition) is 0. The maximum Gasteiger partial charge on any atom is 0.0731 e. The molecule has 2 aliphatic carbocycles. The summed E-state index contributed by atoms with van der Waals surface area (Å²) in [6.07, 6.45) is 0. The van der Waals surface area contributed by atoms with Gasteiger partial charge in [0.25, 0.3) is 0 Å². The molecule has 0 radical (unpaired) electrons. The first kappa shape index (κ1) is 16.4. The Morgan fingerprint density at radius 3 is 1.90 bits per heavy atom. The van der Waals surface area contributed by atoms with Crippen LogP contribution in [0.5, 0.6) is 0 Å². The lowest BCUT2D eigenvalue weighted by atomic mass is 9.69. The molecule has 1 spiro atoms. The quantitative estimate of drug-likeness (QED) is 0.243. The SMILES string of the molecule is Clc1ccc2c(c1)-c1ccc3ccccc3c1C21c2ccccc2-c2ccccc21. The molecular weight excluding hydrogens is 384 g/mol. The van der Waals surface area contributed by atoms with E-state index < -0.39 is 0 Å². The normalized spacial score (nSPS) is 14.4. The van der Waals surface area contributed by atoms with Gasteiger partial charge in [0.1, 0.15) is 0 Å². The lowest BCUT2D eigenvalue weighted by Crippen LogP contribution is -2.26. The Balaban J connectivity index is 1.78. The molecule has 0 saturated carbocycles. The van der Waals surface area contributed by atoms with E-state index in [9.17, 15) is 0 Å². The fourth-order valence-electron chi connectivity index (χ4n) is 5.90. The van der Waals surface area contributed by atoms with Gasteiger partial charge in [-0.15, -0.1) is 0 Å². The zero-order chi connectivity index (χ0) is 19.9. The van der Waals surface area contributed by atoms with Crippen molar-refractivity contribution in [3.63, 3.8) is 0 Å². The van der Waals surface area contributed by atoms with Gasteiger partial charge in [-0.1, -0.05) is 103 Å². The summed E-state index contributed by atoms with van der Waals surface area (Å²) >= 11 is 6.50. The molecule has 0 heterocycles. The van der Waals surface area contributed by atoms with Crippen LogP contribution in [0.1, 0.15) is 22.3 Å². The highest BCUT2D eigenvalue weighted by Gasteiger charge is 2.52. The van der Waals surface area contributed by atoms with E-state index in [2.05, 4.69) is 97.1 Å². The van der Waals surface area contributed by atoms with Gasteiger partial charge in [0.2, 0.25) is 0 Å². The summed E-state index contributed by atoms with van der Waals surface area (Å²) in [6, 6.07) is 37.5. The number of fused-ring (bicyclic) bond motifs is 12. The second-order valence-electron chi connectivity index (χ2n) is 8.24. The third kappa shape index (κ3) is 1.79. The van der Waals surface area contributed by atoms with Crippen molar-refractivity contribution in [3.8, 4) is 22.3 Å². The maximum atomic E-state index is 6.50. The van der Waals surface area contributed by atoms with E-state index in [4.69, 9.17) is 11.6 Å². The highest BCUT2D eigenvalue weighted by molar-refractivity contribution is 6.31. The first-order chi connectivity index (χ1) is 14.8. The smallest absolute Gasteiger partial charge is 0.0731 e. The van der Waals surface area contributed by atoms with Crippen LogP contribution in [-0.2, 0) is 5.41 Å². The number of rotatable bonds is 0. The van der Waals surface area contributed by atoms with Gasteiger partial charge >= 0.3 is 0 Å². The minimum Gasteiger partial charge on any atom is -0.0843 e. The van der Waals surface area contributed by atoms with Crippen LogP contribution < -0.4 is 0 Å². The third-order valence-corrected chi connectivity index (χ3v) is 7.17. The van der Waals surface area contributed by atoms with Crippen molar-refractivity contribution in [3.05, 3.63) is 130 Å². The summed E-state index contributed by atoms with van der Waals surface area (Å²) in [6.45, 7) is 0. The Hall–Kier alpha value is -3.35. The summed E-state index contributed by atoms with van der Waals surface area (Å²) in [4.78, 5) is 0. The van der Waals surface area contributed by atoms with E-state index >= 15 is 0 Å². The summed E-state index contributed by atoms with van der Waals surface area (Å²) in [5.74, 6) is 0. The minimum absolute atomic E-state index is 0.316. The first-order valence-electron chi connectivity index (χ1n) is 10.3. The molecule has 5 aromatic carbocycles. The Morgan fingerprint density at radius 2 is 1.13 bits per heavy atom. The average molecular weight is 401 g/mol. The second kappa shape index (κ2) is 5.62. The molecule has 2 aliphatic rings. The topological polar surface area (TPSA) is 0 Å². The van der Waals surface area contributed by atoms with Crippen molar-refractivity contribution in [2.45, 2.75) is 5.41 Å². The van der Waals surface area contributed by atoms with Crippen molar-refractivity contribution >= 4 is 22.4 Å². The molecule has 0 unspecified atom stereocenters. The van der Waals surface area contributed by atoms with Crippen LogP contribution in [0.15, 0.2) is 103 Å². The zero-order valence-corrected chi connectivity index (χ0v) is 16.9. The van der Waals surface area contributed by atoms with Crippen LogP contribution in [0.4, 0.5) is 0 Å². The Kier molecular flexibility index (Phi) is 3.08. The largest absolute Gasteiger partial charge is 0.0843 e. The summed E-state index contributed by atoms with van der Waals surface area (Å²) in [5.41, 5.74) is 10.3. The van der Waals surface area contributed by atoms with Crippen molar-refractivity contribution in [2.75, 3.05) is 0 Å². The van der Waals surface area contributed by atoms with Crippen LogP contribution in [0.3, 0.4) is 0 Å². The minimum atomic E-state index is -0.316.